The fraction of sp³-hybridized carbons (Fsp3) is 0.467. The molecule has 0 aliphatic carbocycles. The summed E-state index contributed by atoms with van der Waals surface area (Å²) in [5.74, 6) is -1.07. The maximum Gasteiger partial charge on any atom is 0.326 e. The topological polar surface area (TPSA) is 89.9 Å². The highest BCUT2D eigenvalue weighted by Gasteiger charge is 2.22. The first-order chi connectivity index (χ1) is 9.90. The Kier molecular flexibility index (Phi) is 6.68. The Balaban J connectivity index is 2.58. The van der Waals surface area contributed by atoms with Crippen LogP contribution in [-0.2, 0) is 11.2 Å². The Hall–Kier alpha value is -2.08. The van der Waals surface area contributed by atoms with Crippen LogP contribution in [-0.4, -0.2) is 52.9 Å². The van der Waals surface area contributed by atoms with Crippen molar-refractivity contribution in [1.82, 2.24) is 10.2 Å². The average molecular weight is 294 g/mol. The van der Waals surface area contributed by atoms with Gasteiger partial charge in [0.2, 0.25) is 0 Å². The van der Waals surface area contributed by atoms with E-state index in [1.165, 1.54) is 4.90 Å². The number of carbonyl (C=O) groups is 2. The van der Waals surface area contributed by atoms with Crippen LogP contribution in [0.1, 0.15) is 18.9 Å². The maximum absolute atomic E-state index is 11.9. The van der Waals surface area contributed by atoms with Crippen LogP contribution in [0.3, 0.4) is 0 Å². The summed E-state index contributed by atoms with van der Waals surface area (Å²) in [5, 5.41) is 20.9. The lowest BCUT2D eigenvalue weighted by Crippen LogP contribution is -2.48. The third-order valence-corrected chi connectivity index (χ3v) is 3.11. The molecule has 0 heterocycles. The summed E-state index contributed by atoms with van der Waals surface area (Å²) in [4.78, 5) is 24.6. The Labute approximate surface area is 124 Å². The molecule has 0 bridgehead atoms. The molecule has 0 saturated carbocycles. The van der Waals surface area contributed by atoms with E-state index in [-0.39, 0.29) is 6.42 Å². The number of rotatable bonds is 7. The number of carboxylic acid groups (broad SMARTS) is 1. The molecule has 21 heavy (non-hydrogen) atoms. The fourth-order valence-corrected chi connectivity index (χ4v) is 1.79. The minimum atomic E-state index is -1.07. The molecule has 2 atom stereocenters. The number of benzene rings is 1. The maximum atomic E-state index is 11.9. The van der Waals surface area contributed by atoms with Gasteiger partial charge >= 0.3 is 12.0 Å². The van der Waals surface area contributed by atoms with Crippen molar-refractivity contribution in [2.45, 2.75) is 31.9 Å². The molecule has 6 nitrogen and oxygen atoms in total. The second-order valence-corrected chi connectivity index (χ2v) is 5.09. The second-order valence-electron chi connectivity index (χ2n) is 5.09. The molecule has 6 heteroatoms. The molecule has 0 aromatic heterocycles. The number of urea groups is 1. The van der Waals surface area contributed by atoms with Gasteiger partial charge in [-0.05, 0) is 18.9 Å². The van der Waals surface area contributed by atoms with E-state index >= 15 is 0 Å². The van der Waals surface area contributed by atoms with Crippen LogP contribution in [0.25, 0.3) is 0 Å². The summed E-state index contributed by atoms with van der Waals surface area (Å²) < 4.78 is 0. The number of nitrogens with zero attached hydrogens (tertiary/aromatic N) is 1. The summed E-state index contributed by atoms with van der Waals surface area (Å²) in [6, 6.07) is 7.70. The zero-order chi connectivity index (χ0) is 15.8. The number of carboxylic acids is 1. The highest BCUT2D eigenvalue weighted by Crippen LogP contribution is 2.04. The molecule has 0 fully saturated rings. The molecule has 1 aromatic rings. The summed E-state index contributed by atoms with van der Waals surface area (Å²) in [5.41, 5.74) is 0.844. The van der Waals surface area contributed by atoms with E-state index in [1.54, 1.807) is 14.0 Å². The van der Waals surface area contributed by atoms with Gasteiger partial charge in [-0.15, -0.1) is 0 Å². The van der Waals surface area contributed by atoms with Gasteiger partial charge < -0.3 is 20.4 Å². The molecule has 0 spiro atoms. The van der Waals surface area contributed by atoms with Crippen molar-refractivity contribution in [3.05, 3.63) is 35.9 Å². The first-order valence-corrected chi connectivity index (χ1v) is 6.86. The van der Waals surface area contributed by atoms with Gasteiger partial charge in [0.25, 0.3) is 0 Å². The van der Waals surface area contributed by atoms with Gasteiger partial charge in [0.05, 0.1) is 6.10 Å². The van der Waals surface area contributed by atoms with Crippen LogP contribution in [0, 0.1) is 0 Å². The summed E-state index contributed by atoms with van der Waals surface area (Å²) >= 11 is 0. The van der Waals surface area contributed by atoms with Gasteiger partial charge in [-0.2, -0.15) is 0 Å². The predicted molar refractivity (Wildman–Crippen MR) is 79.0 cm³/mol. The summed E-state index contributed by atoms with van der Waals surface area (Å²) in [6.07, 6.45) is 0.173. The van der Waals surface area contributed by atoms with E-state index in [9.17, 15) is 19.8 Å². The van der Waals surface area contributed by atoms with E-state index in [1.807, 2.05) is 30.3 Å². The van der Waals surface area contributed by atoms with Crippen LogP contribution < -0.4 is 5.32 Å². The zero-order valence-electron chi connectivity index (χ0n) is 12.3. The summed E-state index contributed by atoms with van der Waals surface area (Å²) in [7, 11) is 1.57. The SMILES string of the molecule is CC(O)CCN(C)C(=O)N[C@H](Cc1ccccc1)C(=O)O. The van der Waals surface area contributed by atoms with Crippen molar-refractivity contribution in [1.29, 1.82) is 0 Å². The van der Waals surface area contributed by atoms with Crippen molar-refractivity contribution >= 4 is 12.0 Å². The number of carbonyl (C=O) groups excluding carboxylic acids is 1. The van der Waals surface area contributed by atoms with E-state index in [0.717, 1.165) is 5.56 Å². The Morgan fingerprint density at radius 2 is 1.90 bits per heavy atom. The third-order valence-electron chi connectivity index (χ3n) is 3.11. The Morgan fingerprint density at radius 1 is 1.29 bits per heavy atom. The lowest BCUT2D eigenvalue weighted by Gasteiger charge is -2.22. The fourth-order valence-electron chi connectivity index (χ4n) is 1.79. The van der Waals surface area contributed by atoms with Gasteiger partial charge in [-0.1, -0.05) is 30.3 Å². The minimum Gasteiger partial charge on any atom is -0.480 e. The lowest BCUT2D eigenvalue weighted by molar-refractivity contribution is -0.139. The number of hydrogen-bond donors (Lipinski definition) is 3. The van der Waals surface area contributed by atoms with Crippen LogP contribution >= 0.6 is 0 Å². The van der Waals surface area contributed by atoms with Crippen molar-refractivity contribution in [3.8, 4) is 0 Å². The van der Waals surface area contributed by atoms with Gasteiger partial charge in [0, 0.05) is 20.0 Å². The normalized spacial score (nSPS) is 13.3. The molecule has 0 radical (unpaired) electrons. The third kappa shape index (κ3) is 6.27. The molecule has 1 unspecified atom stereocenters. The standard InChI is InChI=1S/C15H22N2O4/c1-11(18)8-9-17(2)15(21)16-13(14(19)20)10-12-6-4-3-5-7-12/h3-7,11,13,18H,8-10H2,1-2H3,(H,16,21)(H,19,20)/t11?,13-/m1/s1. The molecule has 3 N–H and O–H groups in total. The smallest absolute Gasteiger partial charge is 0.326 e. The zero-order valence-corrected chi connectivity index (χ0v) is 12.3. The van der Waals surface area contributed by atoms with Crippen LogP contribution in [0.15, 0.2) is 30.3 Å². The first-order valence-electron chi connectivity index (χ1n) is 6.86. The molecule has 0 aliphatic heterocycles. The Morgan fingerprint density at radius 3 is 2.43 bits per heavy atom. The quantitative estimate of drug-likeness (QED) is 0.702. The highest BCUT2D eigenvalue weighted by molar-refractivity contribution is 5.82. The van der Waals surface area contributed by atoms with Gasteiger partial charge in [0.15, 0.2) is 0 Å². The van der Waals surface area contributed by atoms with Crippen LogP contribution in [0.2, 0.25) is 0 Å². The summed E-state index contributed by atoms with van der Waals surface area (Å²) in [6.45, 7) is 2.00. The second kappa shape index (κ2) is 8.26. The molecule has 2 amide bonds. The van der Waals surface area contributed by atoms with E-state index in [4.69, 9.17) is 0 Å². The molecule has 0 saturated heterocycles. The van der Waals surface area contributed by atoms with E-state index in [2.05, 4.69) is 5.32 Å². The molecule has 116 valence electrons. The Bertz CT molecular complexity index is 462. The molecular weight excluding hydrogens is 272 g/mol. The van der Waals surface area contributed by atoms with Crippen molar-refractivity contribution in [2.75, 3.05) is 13.6 Å². The van der Waals surface area contributed by atoms with Gasteiger partial charge in [-0.3, -0.25) is 0 Å². The average Bonchev–Trinajstić information content (AvgIpc) is 2.44. The number of nitrogens with one attached hydrogen (secondary N) is 1. The van der Waals surface area contributed by atoms with Crippen molar-refractivity contribution < 1.29 is 19.8 Å². The number of aliphatic hydroxyl groups excluding tert-OH is 1. The number of aliphatic carboxylic acids is 1. The predicted octanol–water partition coefficient (Wildman–Crippen LogP) is 1.09. The first kappa shape index (κ1) is 17.0. The van der Waals surface area contributed by atoms with Crippen molar-refractivity contribution in [3.63, 3.8) is 0 Å². The van der Waals surface area contributed by atoms with Gasteiger partial charge in [-0.25, -0.2) is 9.59 Å². The number of hydrogen-bond acceptors (Lipinski definition) is 3. The van der Waals surface area contributed by atoms with Crippen molar-refractivity contribution in [2.24, 2.45) is 0 Å². The molecular formula is C15H22N2O4. The highest BCUT2D eigenvalue weighted by atomic mass is 16.4. The largest absolute Gasteiger partial charge is 0.480 e. The molecule has 1 rings (SSSR count). The van der Waals surface area contributed by atoms with E-state index < -0.39 is 24.1 Å². The number of amides is 2. The van der Waals surface area contributed by atoms with Gasteiger partial charge in [0.1, 0.15) is 6.04 Å². The molecule has 1 aromatic carbocycles. The van der Waals surface area contributed by atoms with Crippen LogP contribution in [0.4, 0.5) is 4.79 Å². The monoisotopic (exact) mass is 294 g/mol. The molecule has 0 aliphatic rings. The van der Waals surface area contributed by atoms with E-state index in [0.29, 0.717) is 13.0 Å². The minimum absolute atomic E-state index is 0.228. The van der Waals surface area contributed by atoms with Crippen LogP contribution in [0.5, 0.6) is 0 Å². The number of aliphatic hydroxyl groups is 1. The lowest BCUT2D eigenvalue weighted by atomic mass is 10.1.